The first-order valence-corrected chi connectivity index (χ1v) is 7.30. The Hall–Kier alpha value is -1.66. The molecule has 0 aromatic heterocycles. The van der Waals surface area contributed by atoms with E-state index in [1.165, 1.54) is 16.9 Å². The van der Waals surface area contributed by atoms with Gasteiger partial charge in [-0.3, -0.25) is 4.90 Å². The Morgan fingerprint density at radius 1 is 1.35 bits per heavy atom. The van der Waals surface area contributed by atoms with Gasteiger partial charge in [0.2, 0.25) is 0 Å². The number of rotatable bonds is 4. The highest BCUT2D eigenvalue weighted by atomic mass is 15.1. The monoisotopic (exact) mass is 271 g/mol. The molecule has 1 aliphatic rings. The van der Waals surface area contributed by atoms with Gasteiger partial charge in [-0.05, 0) is 37.5 Å². The highest BCUT2D eigenvalue weighted by Crippen LogP contribution is 2.24. The van der Waals surface area contributed by atoms with Crippen LogP contribution in [-0.4, -0.2) is 44.7 Å². The van der Waals surface area contributed by atoms with Gasteiger partial charge in [0, 0.05) is 44.6 Å². The summed E-state index contributed by atoms with van der Waals surface area (Å²) >= 11 is 0. The van der Waals surface area contributed by atoms with E-state index in [0.717, 1.165) is 32.5 Å². The summed E-state index contributed by atoms with van der Waals surface area (Å²) in [5, 5.41) is 3.66. The maximum atomic E-state index is 5.36. The molecule has 3 heteroatoms. The van der Waals surface area contributed by atoms with Crippen LogP contribution in [0, 0.1) is 19.3 Å². The second kappa shape index (κ2) is 6.67. The fourth-order valence-electron chi connectivity index (χ4n) is 2.78. The van der Waals surface area contributed by atoms with Crippen molar-refractivity contribution < 1.29 is 0 Å². The molecule has 1 fully saturated rings. The zero-order valence-electron chi connectivity index (χ0n) is 12.8. The Bertz CT molecular complexity index is 479. The number of likely N-dealkylation sites (tertiary alicyclic amines) is 1. The molecular weight excluding hydrogens is 246 g/mol. The van der Waals surface area contributed by atoms with Crippen molar-refractivity contribution in [1.29, 1.82) is 0 Å². The van der Waals surface area contributed by atoms with Gasteiger partial charge in [0.15, 0.2) is 0 Å². The average Bonchev–Trinajstić information content (AvgIpc) is 2.43. The van der Waals surface area contributed by atoms with Crippen LogP contribution < -0.4 is 10.2 Å². The van der Waals surface area contributed by atoms with Crippen LogP contribution in [0.1, 0.15) is 18.4 Å². The minimum Gasteiger partial charge on any atom is -0.382 e. The van der Waals surface area contributed by atoms with Gasteiger partial charge in [-0.2, -0.15) is 0 Å². The molecule has 0 unspecified atom stereocenters. The van der Waals surface area contributed by atoms with Crippen LogP contribution in [-0.2, 0) is 0 Å². The fourth-order valence-corrected chi connectivity index (χ4v) is 2.78. The summed E-state index contributed by atoms with van der Waals surface area (Å²) in [5.41, 5.74) is 3.80. The van der Waals surface area contributed by atoms with Crippen LogP contribution >= 0.6 is 0 Å². The van der Waals surface area contributed by atoms with Gasteiger partial charge >= 0.3 is 0 Å². The van der Waals surface area contributed by atoms with Gasteiger partial charge in [0.25, 0.3) is 0 Å². The summed E-state index contributed by atoms with van der Waals surface area (Å²) in [6.07, 6.45) is 7.68. The van der Waals surface area contributed by atoms with Crippen LogP contribution in [0.15, 0.2) is 18.2 Å². The molecule has 0 spiro atoms. The van der Waals surface area contributed by atoms with E-state index < -0.39 is 0 Å². The van der Waals surface area contributed by atoms with Crippen LogP contribution in [0.5, 0.6) is 0 Å². The Labute approximate surface area is 123 Å². The predicted octanol–water partition coefficient (Wildman–Crippen LogP) is 2.57. The number of hydrogen-bond acceptors (Lipinski definition) is 3. The van der Waals surface area contributed by atoms with Gasteiger partial charge < -0.3 is 10.2 Å². The van der Waals surface area contributed by atoms with Crippen molar-refractivity contribution in [2.45, 2.75) is 25.8 Å². The van der Waals surface area contributed by atoms with E-state index in [1.54, 1.807) is 0 Å². The fraction of sp³-hybridized carbons (Fsp3) is 0.529. The molecule has 3 nitrogen and oxygen atoms in total. The SMILES string of the molecule is C#CCN1CCC(Nc2ccc(C)c(N(C)C)c2)CC1. The van der Waals surface area contributed by atoms with Crippen LogP contribution in [0.3, 0.4) is 0 Å². The Kier molecular flexibility index (Phi) is 4.92. The lowest BCUT2D eigenvalue weighted by Crippen LogP contribution is -2.39. The van der Waals surface area contributed by atoms with E-state index in [2.05, 4.69) is 60.3 Å². The number of terminal acetylenes is 1. The lowest BCUT2D eigenvalue weighted by Gasteiger charge is -2.32. The van der Waals surface area contributed by atoms with Crippen LogP contribution in [0.25, 0.3) is 0 Å². The molecule has 20 heavy (non-hydrogen) atoms. The average molecular weight is 271 g/mol. The minimum atomic E-state index is 0.557. The number of nitrogens with zero attached hydrogens (tertiary/aromatic N) is 2. The highest BCUT2D eigenvalue weighted by molar-refractivity contribution is 5.62. The van der Waals surface area contributed by atoms with Crippen molar-refractivity contribution in [3.8, 4) is 12.3 Å². The molecule has 0 saturated carbocycles. The van der Waals surface area contributed by atoms with Crippen LogP contribution in [0.4, 0.5) is 11.4 Å². The Morgan fingerprint density at radius 3 is 2.65 bits per heavy atom. The van der Waals surface area contributed by atoms with Crippen molar-refractivity contribution in [1.82, 2.24) is 4.90 Å². The van der Waals surface area contributed by atoms with E-state index in [9.17, 15) is 0 Å². The quantitative estimate of drug-likeness (QED) is 0.849. The zero-order chi connectivity index (χ0) is 14.5. The predicted molar refractivity (Wildman–Crippen MR) is 87.4 cm³/mol. The van der Waals surface area contributed by atoms with Gasteiger partial charge in [-0.25, -0.2) is 0 Å². The molecule has 0 bridgehead atoms. The van der Waals surface area contributed by atoms with E-state index in [1.807, 2.05) is 0 Å². The summed E-state index contributed by atoms with van der Waals surface area (Å²) in [6.45, 7) is 5.11. The number of nitrogens with one attached hydrogen (secondary N) is 1. The molecule has 0 aliphatic carbocycles. The molecule has 1 aromatic carbocycles. The molecule has 1 heterocycles. The highest BCUT2D eigenvalue weighted by Gasteiger charge is 2.18. The molecule has 0 radical (unpaired) electrons. The minimum absolute atomic E-state index is 0.557. The third-order valence-electron chi connectivity index (χ3n) is 3.96. The zero-order valence-corrected chi connectivity index (χ0v) is 12.8. The van der Waals surface area contributed by atoms with Crippen molar-refractivity contribution in [3.63, 3.8) is 0 Å². The number of aryl methyl sites for hydroxylation is 1. The van der Waals surface area contributed by atoms with Crippen molar-refractivity contribution in [2.75, 3.05) is 43.9 Å². The van der Waals surface area contributed by atoms with Gasteiger partial charge in [-0.15, -0.1) is 6.42 Å². The molecule has 2 rings (SSSR count). The Balaban J connectivity index is 1.95. The lowest BCUT2D eigenvalue weighted by molar-refractivity contribution is 0.243. The second-order valence-corrected chi connectivity index (χ2v) is 5.79. The smallest absolute Gasteiger partial charge is 0.0598 e. The molecular formula is C17H25N3. The first-order chi connectivity index (χ1) is 9.60. The lowest BCUT2D eigenvalue weighted by atomic mass is 10.0. The van der Waals surface area contributed by atoms with Crippen LogP contribution in [0.2, 0.25) is 0 Å². The summed E-state index contributed by atoms with van der Waals surface area (Å²) in [4.78, 5) is 4.51. The van der Waals surface area contributed by atoms with Gasteiger partial charge in [0.1, 0.15) is 0 Å². The van der Waals surface area contributed by atoms with E-state index in [0.29, 0.717) is 6.04 Å². The normalized spacial score (nSPS) is 16.7. The number of hydrogen-bond donors (Lipinski definition) is 1. The summed E-state index contributed by atoms with van der Waals surface area (Å²) in [5.74, 6) is 2.73. The molecule has 0 amide bonds. The number of anilines is 2. The molecule has 1 aliphatic heterocycles. The standard InChI is InChI=1S/C17H25N3/c1-5-10-20-11-8-15(9-12-20)18-16-7-6-14(2)17(13-16)19(3)4/h1,6-7,13,15,18H,8-12H2,2-4H3. The summed E-state index contributed by atoms with van der Waals surface area (Å²) in [6, 6.07) is 7.16. The van der Waals surface area contributed by atoms with E-state index in [4.69, 9.17) is 6.42 Å². The van der Waals surface area contributed by atoms with Crippen molar-refractivity contribution >= 4 is 11.4 Å². The molecule has 1 N–H and O–H groups in total. The first-order valence-electron chi connectivity index (χ1n) is 7.30. The van der Waals surface area contributed by atoms with E-state index >= 15 is 0 Å². The number of piperidine rings is 1. The summed E-state index contributed by atoms with van der Waals surface area (Å²) in [7, 11) is 4.18. The molecule has 1 aromatic rings. The maximum absolute atomic E-state index is 5.36. The molecule has 0 atom stereocenters. The van der Waals surface area contributed by atoms with Crippen molar-refractivity contribution in [2.24, 2.45) is 0 Å². The molecule has 108 valence electrons. The summed E-state index contributed by atoms with van der Waals surface area (Å²) < 4.78 is 0. The van der Waals surface area contributed by atoms with E-state index in [-0.39, 0.29) is 0 Å². The number of benzene rings is 1. The third-order valence-corrected chi connectivity index (χ3v) is 3.96. The van der Waals surface area contributed by atoms with Crippen molar-refractivity contribution in [3.05, 3.63) is 23.8 Å². The largest absolute Gasteiger partial charge is 0.382 e. The maximum Gasteiger partial charge on any atom is 0.0598 e. The first kappa shape index (κ1) is 14.7. The van der Waals surface area contributed by atoms with Gasteiger partial charge in [0.05, 0.1) is 6.54 Å². The second-order valence-electron chi connectivity index (χ2n) is 5.79. The Morgan fingerprint density at radius 2 is 2.05 bits per heavy atom. The van der Waals surface area contributed by atoms with Gasteiger partial charge in [-0.1, -0.05) is 12.0 Å². The topological polar surface area (TPSA) is 18.5 Å². The molecule has 1 saturated heterocycles. The third kappa shape index (κ3) is 3.68.